The van der Waals surface area contributed by atoms with Gasteiger partial charge in [-0.25, -0.2) is 4.39 Å². The quantitative estimate of drug-likeness (QED) is 0.646. The topological polar surface area (TPSA) is 82.6 Å². The molecule has 1 amide bonds. The lowest BCUT2D eigenvalue weighted by Gasteiger charge is -2.25. The van der Waals surface area contributed by atoms with Crippen LogP contribution in [0.5, 0.6) is 17.4 Å². The molecule has 4 rings (SSSR count). The summed E-state index contributed by atoms with van der Waals surface area (Å²) < 4.78 is 29.6. The van der Waals surface area contributed by atoms with Crippen molar-refractivity contribution in [2.24, 2.45) is 0 Å². The lowest BCUT2D eigenvalue weighted by atomic mass is 10.1. The van der Waals surface area contributed by atoms with Gasteiger partial charge in [0.15, 0.2) is 11.5 Å². The molecule has 0 radical (unpaired) electrons. The Balaban J connectivity index is 1.22. The number of benzene rings is 2. The van der Waals surface area contributed by atoms with Crippen molar-refractivity contribution in [2.75, 3.05) is 19.8 Å². The molecule has 0 bridgehead atoms. The number of ether oxygens (including phenoxy) is 3. The summed E-state index contributed by atoms with van der Waals surface area (Å²) in [6.07, 6.45) is -0.709. The van der Waals surface area contributed by atoms with Gasteiger partial charge in [-0.05, 0) is 42.5 Å². The highest BCUT2D eigenvalue weighted by Crippen LogP contribution is 2.30. The minimum atomic E-state index is -0.709. The fourth-order valence-electron chi connectivity index (χ4n) is 2.76. The van der Waals surface area contributed by atoms with Crippen molar-refractivity contribution >= 4 is 5.91 Å². The normalized spacial score (nSPS) is 14.9. The first-order valence-corrected chi connectivity index (χ1v) is 9.08. The molecule has 29 heavy (non-hydrogen) atoms. The zero-order chi connectivity index (χ0) is 20.1. The number of rotatable bonds is 6. The molecule has 1 aliphatic rings. The molecule has 1 aromatic heterocycles. The summed E-state index contributed by atoms with van der Waals surface area (Å²) >= 11 is 0. The summed E-state index contributed by atoms with van der Waals surface area (Å²) in [5.41, 5.74) is 1.37. The lowest BCUT2D eigenvalue weighted by molar-refractivity contribution is -0.130. The number of hydrogen-bond donors (Lipinski definition) is 1. The molecule has 8 heteroatoms. The zero-order valence-electron chi connectivity index (χ0n) is 15.4. The number of fused-ring (bicyclic) bond motifs is 1. The Morgan fingerprint density at radius 2 is 1.86 bits per heavy atom. The van der Waals surface area contributed by atoms with Crippen LogP contribution in [0.1, 0.15) is 0 Å². The van der Waals surface area contributed by atoms with E-state index in [9.17, 15) is 9.18 Å². The van der Waals surface area contributed by atoms with Crippen molar-refractivity contribution < 1.29 is 23.4 Å². The van der Waals surface area contributed by atoms with Crippen molar-refractivity contribution in [3.05, 3.63) is 66.5 Å². The van der Waals surface area contributed by atoms with Crippen LogP contribution in [0.3, 0.4) is 0 Å². The number of carbonyl (C=O) groups excluding carboxylic acids is 1. The van der Waals surface area contributed by atoms with Crippen molar-refractivity contribution in [1.82, 2.24) is 15.5 Å². The van der Waals surface area contributed by atoms with Gasteiger partial charge in [0.2, 0.25) is 12.0 Å². The number of hydrogen-bond acceptors (Lipinski definition) is 6. The Hall–Kier alpha value is -3.68. The number of nitrogens with zero attached hydrogens (tertiary/aromatic N) is 2. The third kappa shape index (κ3) is 4.60. The van der Waals surface area contributed by atoms with Gasteiger partial charge in [-0.3, -0.25) is 4.79 Å². The van der Waals surface area contributed by atoms with Crippen molar-refractivity contribution in [3.8, 4) is 28.6 Å². The molecule has 7 nitrogen and oxygen atoms in total. The van der Waals surface area contributed by atoms with Crippen LogP contribution in [0.2, 0.25) is 0 Å². The molecule has 1 N–H and O–H groups in total. The number of aromatic nitrogens is 2. The van der Waals surface area contributed by atoms with Gasteiger partial charge in [-0.1, -0.05) is 12.1 Å². The van der Waals surface area contributed by atoms with Crippen LogP contribution in [-0.2, 0) is 4.79 Å². The van der Waals surface area contributed by atoms with Crippen molar-refractivity contribution in [2.45, 2.75) is 6.10 Å². The van der Waals surface area contributed by atoms with Crippen LogP contribution in [-0.4, -0.2) is 42.0 Å². The second kappa shape index (κ2) is 8.55. The molecule has 0 unspecified atom stereocenters. The van der Waals surface area contributed by atoms with Crippen LogP contribution >= 0.6 is 0 Å². The van der Waals surface area contributed by atoms with Gasteiger partial charge >= 0.3 is 0 Å². The Labute approximate surface area is 166 Å². The van der Waals surface area contributed by atoms with E-state index in [1.165, 1.54) is 12.1 Å². The molecule has 1 aliphatic heterocycles. The highest BCUT2D eigenvalue weighted by Gasteiger charge is 2.26. The van der Waals surface area contributed by atoms with Crippen LogP contribution in [0.4, 0.5) is 4.39 Å². The molecule has 148 valence electrons. The summed E-state index contributed by atoms with van der Waals surface area (Å²) in [6, 6.07) is 16.6. The zero-order valence-corrected chi connectivity index (χ0v) is 15.4. The van der Waals surface area contributed by atoms with Gasteiger partial charge in [0.05, 0.1) is 12.2 Å². The van der Waals surface area contributed by atoms with Crippen LogP contribution in [0.25, 0.3) is 11.3 Å². The Morgan fingerprint density at radius 3 is 2.62 bits per heavy atom. The fourth-order valence-corrected chi connectivity index (χ4v) is 2.76. The molecule has 0 saturated carbocycles. The van der Waals surface area contributed by atoms with Gasteiger partial charge < -0.3 is 19.5 Å². The van der Waals surface area contributed by atoms with Gasteiger partial charge in [0.1, 0.15) is 19.0 Å². The minimum absolute atomic E-state index is 0.153. The third-order valence-electron chi connectivity index (χ3n) is 4.23. The van der Waals surface area contributed by atoms with E-state index in [0.717, 1.165) is 5.56 Å². The molecule has 0 saturated heterocycles. The number of amides is 1. The van der Waals surface area contributed by atoms with Gasteiger partial charge in [-0.15, -0.1) is 10.2 Å². The summed E-state index contributed by atoms with van der Waals surface area (Å²) in [7, 11) is 0. The maximum Gasteiger partial charge on any atom is 0.264 e. The first-order valence-electron chi connectivity index (χ1n) is 9.08. The summed E-state index contributed by atoms with van der Waals surface area (Å²) in [6.45, 7) is 0.655. The molecule has 0 aliphatic carbocycles. The van der Waals surface area contributed by atoms with Gasteiger partial charge in [-0.2, -0.15) is 0 Å². The van der Waals surface area contributed by atoms with E-state index in [1.807, 2.05) is 12.1 Å². The smallest absolute Gasteiger partial charge is 0.264 e. The second-order valence-electron chi connectivity index (χ2n) is 6.27. The van der Waals surface area contributed by atoms with Crippen LogP contribution < -0.4 is 19.5 Å². The lowest BCUT2D eigenvalue weighted by Crippen LogP contribution is -2.45. The maximum atomic E-state index is 13.0. The van der Waals surface area contributed by atoms with E-state index in [-0.39, 0.29) is 31.5 Å². The number of carbonyl (C=O) groups is 1. The maximum absolute atomic E-state index is 13.0. The van der Waals surface area contributed by atoms with Gasteiger partial charge in [0.25, 0.3) is 5.91 Å². The Morgan fingerprint density at radius 1 is 1.07 bits per heavy atom. The Bertz CT molecular complexity index is 980. The average molecular weight is 395 g/mol. The highest BCUT2D eigenvalue weighted by molar-refractivity contribution is 5.81. The SMILES string of the molecule is O=C(NCCOc1ccc(-c2ccc(F)cc2)nn1)[C@@H]1COc2ccccc2O1. The Kier molecular flexibility index (Phi) is 5.51. The largest absolute Gasteiger partial charge is 0.485 e. The third-order valence-corrected chi connectivity index (χ3v) is 4.23. The molecule has 0 spiro atoms. The molecule has 1 atom stereocenters. The van der Waals surface area contributed by atoms with Gasteiger partial charge in [0, 0.05) is 11.6 Å². The molecule has 2 aromatic carbocycles. The van der Waals surface area contributed by atoms with Crippen molar-refractivity contribution in [1.29, 1.82) is 0 Å². The molecular weight excluding hydrogens is 377 g/mol. The predicted molar refractivity (Wildman–Crippen MR) is 102 cm³/mol. The average Bonchev–Trinajstić information content (AvgIpc) is 2.77. The fraction of sp³-hybridized carbons (Fsp3) is 0.190. The van der Waals surface area contributed by atoms with E-state index in [1.54, 1.807) is 36.4 Å². The molecule has 2 heterocycles. The molecular formula is C21H18FN3O4. The highest BCUT2D eigenvalue weighted by atomic mass is 19.1. The van der Waals surface area contributed by atoms with E-state index < -0.39 is 6.10 Å². The summed E-state index contributed by atoms with van der Waals surface area (Å²) in [5.74, 6) is 0.921. The first-order chi connectivity index (χ1) is 14.2. The van der Waals surface area contributed by atoms with Crippen molar-refractivity contribution in [3.63, 3.8) is 0 Å². The van der Waals surface area contributed by atoms with Crippen LogP contribution in [0, 0.1) is 5.82 Å². The van der Waals surface area contributed by atoms with E-state index >= 15 is 0 Å². The van der Waals surface area contributed by atoms with E-state index in [0.29, 0.717) is 23.1 Å². The molecule has 0 fully saturated rings. The number of para-hydroxylation sites is 2. The number of nitrogens with one attached hydrogen (secondary N) is 1. The number of halogens is 1. The minimum Gasteiger partial charge on any atom is -0.485 e. The monoisotopic (exact) mass is 395 g/mol. The predicted octanol–water partition coefficient (Wildman–Crippen LogP) is 2.62. The summed E-state index contributed by atoms with van der Waals surface area (Å²) in [5, 5.41) is 10.8. The summed E-state index contributed by atoms with van der Waals surface area (Å²) in [4.78, 5) is 12.2. The molecule has 3 aromatic rings. The second-order valence-corrected chi connectivity index (χ2v) is 6.27. The van der Waals surface area contributed by atoms with E-state index in [4.69, 9.17) is 14.2 Å². The first kappa shape index (κ1) is 18.7. The van der Waals surface area contributed by atoms with E-state index in [2.05, 4.69) is 15.5 Å². The standard InChI is InChI=1S/C21H18FN3O4/c22-15-7-5-14(6-8-15)16-9-10-20(25-24-16)27-12-11-23-21(26)19-13-28-17-3-1-2-4-18(17)29-19/h1-10,19H,11-13H2,(H,23,26)/t19-/m0/s1. The van der Waals surface area contributed by atoms with Crippen LogP contribution in [0.15, 0.2) is 60.7 Å².